The molecule has 2 aliphatic rings. The number of aliphatic hydroxyl groups is 1. The number of methoxy groups -OCH3 is 1. The summed E-state index contributed by atoms with van der Waals surface area (Å²) in [4.78, 5) is 29.5. The van der Waals surface area contributed by atoms with Crippen molar-refractivity contribution in [2.45, 2.75) is 70.0 Å². The van der Waals surface area contributed by atoms with E-state index in [4.69, 9.17) is 9.47 Å². The van der Waals surface area contributed by atoms with Crippen LogP contribution in [0, 0.1) is 5.92 Å². The van der Waals surface area contributed by atoms with Gasteiger partial charge in [0.15, 0.2) is 0 Å². The van der Waals surface area contributed by atoms with E-state index in [1.54, 1.807) is 25.1 Å². The molecule has 0 bridgehead atoms. The first kappa shape index (κ1) is 29.2. The number of carbonyl (C=O) groups excluding carboxylic acids is 2. The molecule has 212 valence electrons. The number of anilines is 1. The Morgan fingerprint density at radius 1 is 1.23 bits per heavy atom. The van der Waals surface area contributed by atoms with Gasteiger partial charge >= 0.3 is 0 Å². The summed E-state index contributed by atoms with van der Waals surface area (Å²) in [6.45, 7) is 6.27. The number of hydrogen-bond acceptors (Lipinski definition) is 5. The molecule has 1 fully saturated rings. The molecule has 4 atom stereocenters. The Hall–Kier alpha value is -2.75. The monoisotopic (exact) mass is 556 g/mol. The predicted molar refractivity (Wildman–Crippen MR) is 152 cm³/mol. The molecule has 0 radical (unpaired) electrons. The van der Waals surface area contributed by atoms with Crippen molar-refractivity contribution in [3.63, 3.8) is 0 Å². The lowest BCUT2D eigenvalue weighted by Crippen LogP contribution is -2.48. The second kappa shape index (κ2) is 12.6. The Morgan fingerprint density at radius 3 is 2.62 bits per heavy atom. The number of halogens is 1. The van der Waals surface area contributed by atoms with Crippen molar-refractivity contribution in [3.8, 4) is 5.75 Å². The highest BCUT2D eigenvalue weighted by atomic mass is 28.4. The van der Waals surface area contributed by atoms with Gasteiger partial charge in [-0.15, -0.1) is 0 Å². The van der Waals surface area contributed by atoms with Crippen molar-refractivity contribution in [2.75, 3.05) is 31.7 Å². The standard InChI is InChI=1S/C30H41FN2O5Si/c1-21-29(37-2)24-18-23(33-15-9-8-12-27(33)35)13-14-25(24)38-30(21)26(39(3,4)31)19-28(36)32(16-17-34)20-22-10-6-5-7-11-22/h5-7,10-11,13-14,18,21,26,29-30,34H,8-9,12,15-17,19-20H2,1-4H3/t21-,26?,29-,30-/m1/s1. The van der Waals surface area contributed by atoms with E-state index < -0.39 is 20.1 Å². The zero-order chi connectivity index (χ0) is 28.2. The summed E-state index contributed by atoms with van der Waals surface area (Å²) >= 11 is 0. The van der Waals surface area contributed by atoms with Crippen molar-refractivity contribution in [2.24, 2.45) is 5.92 Å². The summed E-state index contributed by atoms with van der Waals surface area (Å²) in [6, 6.07) is 15.3. The Kier molecular flexibility index (Phi) is 9.46. The van der Waals surface area contributed by atoms with Crippen LogP contribution in [0.15, 0.2) is 48.5 Å². The van der Waals surface area contributed by atoms with E-state index in [1.807, 2.05) is 60.4 Å². The lowest BCUT2D eigenvalue weighted by molar-refractivity contribution is -0.133. The van der Waals surface area contributed by atoms with E-state index in [-0.39, 0.29) is 43.4 Å². The highest BCUT2D eigenvalue weighted by Crippen LogP contribution is 2.48. The molecule has 1 unspecified atom stereocenters. The van der Waals surface area contributed by atoms with Crippen molar-refractivity contribution >= 4 is 25.9 Å². The molecule has 1 N–H and O–H groups in total. The third-order valence-corrected chi connectivity index (χ3v) is 10.4. The Balaban J connectivity index is 1.59. The number of nitrogens with zero attached hydrogens (tertiary/aromatic N) is 2. The molecule has 0 aromatic heterocycles. The average molecular weight is 557 g/mol. The van der Waals surface area contributed by atoms with Crippen LogP contribution in [0.3, 0.4) is 0 Å². The van der Waals surface area contributed by atoms with Crippen molar-refractivity contribution in [3.05, 3.63) is 59.7 Å². The maximum Gasteiger partial charge on any atom is 0.248 e. The molecule has 9 heteroatoms. The van der Waals surface area contributed by atoms with Crippen LogP contribution in [0.2, 0.25) is 18.6 Å². The minimum absolute atomic E-state index is 0.0102. The molecule has 4 rings (SSSR count). The summed E-state index contributed by atoms with van der Waals surface area (Å²) in [7, 11) is -1.76. The predicted octanol–water partition coefficient (Wildman–Crippen LogP) is 5.24. The molecule has 39 heavy (non-hydrogen) atoms. The lowest BCUT2D eigenvalue weighted by Gasteiger charge is -2.43. The molecule has 2 amide bonds. The van der Waals surface area contributed by atoms with Gasteiger partial charge in [0.2, 0.25) is 20.2 Å². The van der Waals surface area contributed by atoms with E-state index in [0.29, 0.717) is 25.3 Å². The topological polar surface area (TPSA) is 79.3 Å². The van der Waals surface area contributed by atoms with E-state index in [9.17, 15) is 14.7 Å². The average Bonchev–Trinajstić information content (AvgIpc) is 2.91. The van der Waals surface area contributed by atoms with Gasteiger partial charge in [-0.3, -0.25) is 9.59 Å². The molecule has 0 aliphatic carbocycles. The van der Waals surface area contributed by atoms with Crippen LogP contribution in [0.1, 0.15) is 49.8 Å². The van der Waals surface area contributed by atoms with Crippen LogP contribution in [0.25, 0.3) is 0 Å². The summed E-state index contributed by atoms with van der Waals surface area (Å²) < 4.78 is 28.4. The number of aliphatic hydroxyl groups excluding tert-OH is 1. The number of benzene rings is 2. The summed E-state index contributed by atoms with van der Waals surface area (Å²) in [5.74, 6) is 0.288. The molecule has 2 aromatic carbocycles. The van der Waals surface area contributed by atoms with Crippen LogP contribution >= 0.6 is 0 Å². The fourth-order valence-corrected chi connectivity index (χ4v) is 7.71. The molecule has 7 nitrogen and oxygen atoms in total. The second-order valence-corrected chi connectivity index (χ2v) is 15.1. The van der Waals surface area contributed by atoms with Crippen LogP contribution < -0.4 is 9.64 Å². The zero-order valence-corrected chi connectivity index (χ0v) is 24.4. The minimum atomic E-state index is -3.39. The summed E-state index contributed by atoms with van der Waals surface area (Å²) in [5, 5.41) is 9.63. The minimum Gasteiger partial charge on any atom is -0.490 e. The zero-order valence-electron chi connectivity index (χ0n) is 23.4. The normalized spacial score (nSPS) is 22.2. The number of rotatable bonds is 10. The third kappa shape index (κ3) is 6.70. The van der Waals surface area contributed by atoms with Gasteiger partial charge in [0.25, 0.3) is 0 Å². The molecular weight excluding hydrogens is 515 g/mol. The number of piperidine rings is 1. The second-order valence-electron chi connectivity index (χ2n) is 11.2. The van der Waals surface area contributed by atoms with Gasteiger partial charge in [-0.1, -0.05) is 37.3 Å². The van der Waals surface area contributed by atoms with Crippen LogP contribution in [0.4, 0.5) is 9.80 Å². The number of carbonyl (C=O) groups is 2. The van der Waals surface area contributed by atoms with Gasteiger partial charge in [-0.2, -0.15) is 0 Å². The van der Waals surface area contributed by atoms with Crippen LogP contribution in [-0.2, 0) is 20.9 Å². The van der Waals surface area contributed by atoms with E-state index in [1.165, 1.54) is 0 Å². The van der Waals surface area contributed by atoms with Crippen LogP contribution in [0.5, 0.6) is 5.75 Å². The van der Waals surface area contributed by atoms with Gasteiger partial charge in [0.1, 0.15) is 11.9 Å². The number of fused-ring (bicyclic) bond motifs is 1. The Labute approximate surface area is 232 Å². The highest BCUT2D eigenvalue weighted by molar-refractivity contribution is 6.72. The number of ether oxygens (including phenoxy) is 2. The molecule has 2 heterocycles. The quantitative estimate of drug-likeness (QED) is 0.320. The van der Waals surface area contributed by atoms with E-state index in [0.717, 1.165) is 29.7 Å². The molecule has 0 spiro atoms. The van der Waals surface area contributed by atoms with Crippen LogP contribution in [-0.4, -0.2) is 63.1 Å². The smallest absolute Gasteiger partial charge is 0.248 e. The molecule has 2 aromatic rings. The number of hydrogen-bond donors (Lipinski definition) is 1. The summed E-state index contributed by atoms with van der Waals surface area (Å²) in [5.41, 5.74) is 1.99. The van der Waals surface area contributed by atoms with Gasteiger partial charge < -0.3 is 28.5 Å². The van der Waals surface area contributed by atoms with E-state index in [2.05, 4.69) is 0 Å². The maximum atomic E-state index is 16.0. The van der Waals surface area contributed by atoms with Crippen molar-refractivity contribution < 1.29 is 28.3 Å². The van der Waals surface area contributed by atoms with Gasteiger partial charge in [-0.05, 0) is 49.7 Å². The largest absolute Gasteiger partial charge is 0.490 e. The first-order chi connectivity index (χ1) is 18.6. The maximum absolute atomic E-state index is 16.0. The highest BCUT2D eigenvalue weighted by Gasteiger charge is 2.48. The lowest BCUT2D eigenvalue weighted by atomic mass is 9.86. The molecule has 0 saturated carbocycles. The van der Waals surface area contributed by atoms with Crippen molar-refractivity contribution in [1.29, 1.82) is 0 Å². The first-order valence-corrected chi connectivity index (χ1v) is 16.8. The first-order valence-electron chi connectivity index (χ1n) is 13.9. The number of amides is 2. The molecule has 2 aliphatic heterocycles. The SMILES string of the molecule is CO[C@H]1c2cc(N3CCCCC3=O)ccc2O[C@@H](C(CC(=O)N(CCO)Cc2ccccc2)[Si](C)(C)F)[C@@H]1C. The fraction of sp³-hybridized carbons (Fsp3) is 0.533. The van der Waals surface area contributed by atoms with E-state index >= 15 is 4.11 Å². The van der Waals surface area contributed by atoms with Gasteiger partial charge in [0.05, 0.1) is 12.7 Å². The third-order valence-electron chi connectivity index (χ3n) is 8.06. The Morgan fingerprint density at radius 2 is 1.97 bits per heavy atom. The van der Waals surface area contributed by atoms with Gasteiger partial charge in [0, 0.05) is 62.3 Å². The Bertz CT molecular complexity index is 1140. The fourth-order valence-electron chi connectivity index (χ4n) is 5.90. The van der Waals surface area contributed by atoms with Gasteiger partial charge in [-0.25, -0.2) is 0 Å². The molecular formula is C30H41FN2O5Si. The summed E-state index contributed by atoms with van der Waals surface area (Å²) in [6.07, 6.45) is 1.48. The molecule has 1 saturated heterocycles. The van der Waals surface area contributed by atoms with Crippen molar-refractivity contribution in [1.82, 2.24) is 4.90 Å².